The van der Waals surface area contributed by atoms with E-state index in [9.17, 15) is 34.3 Å². The SMILES string of the molecule is O=C(c1cccc(N2C(=O)CC(O)C2=O)c1)C1CC(=O)N(O)C1=O. The summed E-state index contributed by atoms with van der Waals surface area (Å²) in [5.41, 5.74) is 0.0981. The molecule has 3 rings (SSSR count). The van der Waals surface area contributed by atoms with E-state index >= 15 is 0 Å². The summed E-state index contributed by atoms with van der Waals surface area (Å²) in [5, 5.41) is 18.6. The van der Waals surface area contributed by atoms with Crippen LogP contribution < -0.4 is 4.90 Å². The van der Waals surface area contributed by atoms with Crippen molar-refractivity contribution in [3.8, 4) is 0 Å². The van der Waals surface area contributed by atoms with Gasteiger partial charge in [-0.05, 0) is 12.1 Å². The lowest BCUT2D eigenvalue weighted by Crippen LogP contribution is -2.32. The summed E-state index contributed by atoms with van der Waals surface area (Å²) < 4.78 is 0. The molecule has 2 aliphatic heterocycles. The Bertz CT molecular complexity index is 788. The van der Waals surface area contributed by atoms with Crippen molar-refractivity contribution in [2.24, 2.45) is 5.92 Å². The van der Waals surface area contributed by atoms with Gasteiger partial charge in [-0.1, -0.05) is 12.1 Å². The number of carbonyl (C=O) groups is 5. The van der Waals surface area contributed by atoms with E-state index in [1.165, 1.54) is 24.3 Å². The fourth-order valence-electron chi connectivity index (χ4n) is 2.71. The highest BCUT2D eigenvalue weighted by molar-refractivity contribution is 6.23. The highest BCUT2D eigenvalue weighted by Crippen LogP contribution is 2.27. The molecule has 9 nitrogen and oxygen atoms in total. The molecule has 2 heterocycles. The number of carbonyl (C=O) groups excluding carboxylic acids is 5. The molecule has 0 aliphatic carbocycles. The van der Waals surface area contributed by atoms with E-state index in [2.05, 4.69) is 0 Å². The zero-order valence-corrected chi connectivity index (χ0v) is 12.2. The number of imide groups is 2. The molecule has 2 atom stereocenters. The Kier molecular flexibility index (Phi) is 3.74. The number of hydrogen-bond acceptors (Lipinski definition) is 7. The van der Waals surface area contributed by atoms with Crippen LogP contribution in [-0.2, 0) is 19.2 Å². The Hall–Kier alpha value is -2.91. The molecule has 2 unspecified atom stereocenters. The maximum Gasteiger partial charge on any atom is 0.264 e. The minimum absolute atomic E-state index is 0.0101. The van der Waals surface area contributed by atoms with Crippen molar-refractivity contribution in [2.75, 3.05) is 4.90 Å². The van der Waals surface area contributed by atoms with Crippen LogP contribution in [0.5, 0.6) is 0 Å². The molecule has 2 saturated heterocycles. The normalized spacial score (nSPS) is 24.2. The summed E-state index contributed by atoms with van der Waals surface area (Å²) in [4.78, 5) is 59.8. The summed E-state index contributed by atoms with van der Waals surface area (Å²) in [6.07, 6.45) is -2.21. The van der Waals surface area contributed by atoms with E-state index in [4.69, 9.17) is 0 Å². The molecule has 2 aliphatic rings. The van der Waals surface area contributed by atoms with Crippen LogP contribution in [0.2, 0.25) is 0 Å². The second-order valence-corrected chi connectivity index (χ2v) is 5.50. The summed E-state index contributed by atoms with van der Waals surface area (Å²) in [7, 11) is 0. The molecule has 2 fully saturated rings. The minimum Gasteiger partial charge on any atom is -0.383 e. The molecule has 0 saturated carbocycles. The zero-order chi connectivity index (χ0) is 17.6. The number of benzene rings is 1. The van der Waals surface area contributed by atoms with Crippen molar-refractivity contribution in [1.29, 1.82) is 0 Å². The van der Waals surface area contributed by atoms with Gasteiger partial charge in [0.2, 0.25) is 5.91 Å². The Morgan fingerprint density at radius 3 is 2.29 bits per heavy atom. The number of Topliss-reactive ketones (excluding diaryl/α,β-unsaturated/α-hetero) is 1. The first-order chi connectivity index (χ1) is 11.3. The second kappa shape index (κ2) is 5.62. The van der Waals surface area contributed by atoms with E-state index in [0.29, 0.717) is 0 Å². The van der Waals surface area contributed by atoms with E-state index in [1.54, 1.807) is 0 Å². The summed E-state index contributed by atoms with van der Waals surface area (Å²) in [5.74, 6) is -5.33. The Labute approximate surface area is 135 Å². The summed E-state index contributed by atoms with van der Waals surface area (Å²) in [6.45, 7) is 0. The number of amides is 4. The fourth-order valence-corrected chi connectivity index (χ4v) is 2.71. The van der Waals surface area contributed by atoms with Crippen LogP contribution in [0.15, 0.2) is 24.3 Å². The number of ketones is 1. The number of hydrogen-bond donors (Lipinski definition) is 2. The quantitative estimate of drug-likeness (QED) is 0.322. The van der Waals surface area contributed by atoms with Gasteiger partial charge in [-0.2, -0.15) is 5.06 Å². The monoisotopic (exact) mass is 332 g/mol. The number of hydroxylamine groups is 2. The fraction of sp³-hybridized carbons (Fsp3) is 0.267. The van der Waals surface area contributed by atoms with Gasteiger partial charge in [-0.3, -0.25) is 29.2 Å². The first kappa shape index (κ1) is 16.0. The maximum absolute atomic E-state index is 12.4. The maximum atomic E-state index is 12.4. The third-order valence-electron chi connectivity index (χ3n) is 3.95. The molecule has 1 aromatic carbocycles. The van der Waals surface area contributed by atoms with Crippen molar-refractivity contribution in [2.45, 2.75) is 18.9 Å². The van der Waals surface area contributed by atoms with Gasteiger partial charge >= 0.3 is 0 Å². The highest BCUT2D eigenvalue weighted by Gasteiger charge is 2.43. The highest BCUT2D eigenvalue weighted by atomic mass is 16.5. The average molecular weight is 332 g/mol. The van der Waals surface area contributed by atoms with Gasteiger partial charge in [0.1, 0.15) is 12.0 Å². The van der Waals surface area contributed by atoms with Gasteiger partial charge < -0.3 is 5.11 Å². The van der Waals surface area contributed by atoms with Crippen LogP contribution in [0.25, 0.3) is 0 Å². The first-order valence-electron chi connectivity index (χ1n) is 7.06. The molecule has 2 N–H and O–H groups in total. The van der Waals surface area contributed by atoms with Crippen LogP contribution >= 0.6 is 0 Å². The topological polar surface area (TPSA) is 132 Å². The Balaban J connectivity index is 1.90. The van der Waals surface area contributed by atoms with Crippen LogP contribution in [0.4, 0.5) is 5.69 Å². The van der Waals surface area contributed by atoms with E-state index in [0.717, 1.165) is 4.90 Å². The molecule has 124 valence electrons. The van der Waals surface area contributed by atoms with Gasteiger partial charge in [0.25, 0.3) is 17.7 Å². The number of aliphatic hydroxyl groups excluding tert-OH is 1. The van der Waals surface area contributed by atoms with E-state index in [1.807, 2.05) is 0 Å². The standard InChI is InChI=1S/C15H12N2O7/c18-10-6-11(19)16(15(10)23)8-3-1-2-7(4-8)13(21)9-5-12(20)17(24)14(9)22/h1-4,9-10,18,24H,5-6H2. The molecule has 0 radical (unpaired) electrons. The zero-order valence-electron chi connectivity index (χ0n) is 12.2. The van der Waals surface area contributed by atoms with Gasteiger partial charge in [0, 0.05) is 12.0 Å². The molecular weight excluding hydrogens is 320 g/mol. The van der Waals surface area contributed by atoms with Crippen molar-refractivity contribution in [3.05, 3.63) is 29.8 Å². The summed E-state index contributed by atoms with van der Waals surface area (Å²) >= 11 is 0. The van der Waals surface area contributed by atoms with Crippen molar-refractivity contribution < 1.29 is 34.3 Å². The molecule has 0 bridgehead atoms. The third-order valence-corrected chi connectivity index (χ3v) is 3.95. The van der Waals surface area contributed by atoms with Crippen LogP contribution in [0.1, 0.15) is 23.2 Å². The molecule has 9 heteroatoms. The first-order valence-corrected chi connectivity index (χ1v) is 7.06. The lowest BCUT2D eigenvalue weighted by Gasteiger charge is -2.15. The lowest BCUT2D eigenvalue weighted by molar-refractivity contribution is -0.171. The minimum atomic E-state index is -1.42. The lowest BCUT2D eigenvalue weighted by atomic mass is 9.96. The van der Waals surface area contributed by atoms with Gasteiger partial charge in [-0.15, -0.1) is 0 Å². The molecule has 1 aromatic rings. The van der Waals surface area contributed by atoms with Crippen molar-refractivity contribution >= 4 is 35.1 Å². The smallest absolute Gasteiger partial charge is 0.264 e. The number of nitrogens with zero attached hydrogens (tertiary/aromatic N) is 2. The Morgan fingerprint density at radius 1 is 1.04 bits per heavy atom. The number of rotatable bonds is 3. The molecule has 0 spiro atoms. The molecule has 24 heavy (non-hydrogen) atoms. The van der Waals surface area contributed by atoms with Crippen LogP contribution in [0.3, 0.4) is 0 Å². The Morgan fingerprint density at radius 2 is 1.75 bits per heavy atom. The largest absolute Gasteiger partial charge is 0.383 e. The van der Waals surface area contributed by atoms with Crippen LogP contribution in [0, 0.1) is 5.92 Å². The second-order valence-electron chi connectivity index (χ2n) is 5.50. The third kappa shape index (κ3) is 2.39. The van der Waals surface area contributed by atoms with Crippen LogP contribution in [-0.4, -0.2) is 50.9 Å². The average Bonchev–Trinajstić information content (AvgIpc) is 2.96. The van der Waals surface area contributed by atoms with E-state index in [-0.39, 0.29) is 22.7 Å². The number of aliphatic hydroxyl groups is 1. The number of anilines is 1. The van der Waals surface area contributed by atoms with Gasteiger partial charge in [0.15, 0.2) is 5.78 Å². The summed E-state index contributed by atoms with van der Waals surface area (Å²) in [6, 6.07) is 5.41. The van der Waals surface area contributed by atoms with Gasteiger partial charge in [-0.25, -0.2) is 4.90 Å². The predicted octanol–water partition coefficient (Wildman–Crippen LogP) is -0.742. The predicted molar refractivity (Wildman–Crippen MR) is 75.6 cm³/mol. The molecular formula is C15H12N2O7. The molecule has 0 aromatic heterocycles. The van der Waals surface area contributed by atoms with Gasteiger partial charge in [0.05, 0.1) is 12.1 Å². The van der Waals surface area contributed by atoms with E-state index < -0.39 is 47.9 Å². The van der Waals surface area contributed by atoms with Crippen molar-refractivity contribution in [1.82, 2.24) is 5.06 Å². The molecule has 4 amide bonds. The van der Waals surface area contributed by atoms with Crippen molar-refractivity contribution in [3.63, 3.8) is 0 Å².